The fourth-order valence-corrected chi connectivity index (χ4v) is 1.61. The lowest BCUT2D eigenvalue weighted by molar-refractivity contribution is 0.326. The Hall–Kier alpha value is 0.0400. The molecule has 0 heterocycles. The minimum Gasteiger partial charge on any atom is -0.490 e. The van der Waals surface area contributed by atoms with Crippen LogP contribution in [0.2, 0.25) is 5.02 Å². The topological polar surface area (TPSA) is 35.2 Å². The summed E-state index contributed by atoms with van der Waals surface area (Å²) in [6.45, 7) is 0.958. The Balaban J connectivity index is 0.00000144. The van der Waals surface area contributed by atoms with Crippen LogP contribution in [0.1, 0.15) is 0 Å². The Morgan fingerprint density at radius 2 is 2.15 bits per heavy atom. The van der Waals surface area contributed by atoms with Gasteiger partial charge in [0.15, 0.2) is 5.75 Å². The van der Waals surface area contributed by atoms with Crippen molar-refractivity contribution in [3.8, 4) is 5.75 Å². The average Bonchev–Trinajstić information content (AvgIpc) is 2.04. The number of benzene rings is 1. The molecule has 0 fully saturated rings. The summed E-state index contributed by atoms with van der Waals surface area (Å²) < 4.78 is 6.16. The van der Waals surface area contributed by atoms with Crippen molar-refractivity contribution in [2.75, 3.05) is 13.2 Å². The van der Waals surface area contributed by atoms with E-state index in [-0.39, 0.29) is 12.4 Å². The van der Waals surface area contributed by atoms with E-state index in [4.69, 9.17) is 22.1 Å². The van der Waals surface area contributed by atoms with Crippen LogP contribution in [-0.4, -0.2) is 13.2 Å². The largest absolute Gasteiger partial charge is 0.490 e. The van der Waals surface area contributed by atoms with Crippen molar-refractivity contribution in [3.05, 3.63) is 27.7 Å². The van der Waals surface area contributed by atoms with E-state index in [1.54, 1.807) is 6.07 Å². The van der Waals surface area contributed by atoms with Gasteiger partial charge in [-0.3, -0.25) is 0 Å². The minimum atomic E-state index is 0. The Bertz CT molecular complexity index is 250. The van der Waals surface area contributed by atoms with Gasteiger partial charge in [-0.1, -0.05) is 17.7 Å². The molecular formula is C8H10BrCl2NO. The van der Waals surface area contributed by atoms with Gasteiger partial charge in [-0.15, -0.1) is 12.4 Å². The second kappa shape index (κ2) is 6.49. The number of para-hydroxylation sites is 1. The molecule has 0 amide bonds. The van der Waals surface area contributed by atoms with E-state index in [1.165, 1.54) is 0 Å². The van der Waals surface area contributed by atoms with Gasteiger partial charge in [-0.05, 0) is 28.1 Å². The highest BCUT2D eigenvalue weighted by molar-refractivity contribution is 9.10. The molecule has 1 aromatic carbocycles. The first-order chi connectivity index (χ1) is 5.75. The predicted octanol–water partition coefficient (Wildman–Crippen LogP) is 2.86. The SMILES string of the molecule is Cl.NCCOc1c(Cl)cccc1Br. The Kier molecular flexibility index (Phi) is 6.51. The number of nitrogens with two attached hydrogens (primary N) is 1. The molecule has 2 nitrogen and oxygen atoms in total. The molecule has 1 aromatic rings. The summed E-state index contributed by atoms with van der Waals surface area (Å²) >= 11 is 9.20. The van der Waals surface area contributed by atoms with E-state index in [9.17, 15) is 0 Å². The molecule has 0 aliphatic heterocycles. The maximum atomic E-state index is 5.87. The molecule has 0 unspecified atom stereocenters. The second-order valence-corrected chi connectivity index (χ2v) is 3.45. The summed E-state index contributed by atoms with van der Waals surface area (Å²) in [6.07, 6.45) is 0. The van der Waals surface area contributed by atoms with E-state index in [0.717, 1.165) is 4.47 Å². The average molecular weight is 287 g/mol. The van der Waals surface area contributed by atoms with Crippen molar-refractivity contribution in [2.45, 2.75) is 0 Å². The molecule has 0 spiro atoms. The van der Waals surface area contributed by atoms with Gasteiger partial charge >= 0.3 is 0 Å². The Morgan fingerprint density at radius 1 is 1.46 bits per heavy atom. The summed E-state index contributed by atoms with van der Waals surface area (Å²) in [5.74, 6) is 0.657. The second-order valence-electron chi connectivity index (χ2n) is 2.19. The smallest absolute Gasteiger partial charge is 0.152 e. The molecule has 0 aliphatic carbocycles. The van der Waals surface area contributed by atoms with Gasteiger partial charge < -0.3 is 10.5 Å². The van der Waals surface area contributed by atoms with Crippen LogP contribution < -0.4 is 10.5 Å². The Morgan fingerprint density at radius 3 is 2.69 bits per heavy atom. The van der Waals surface area contributed by atoms with Crippen LogP contribution in [0, 0.1) is 0 Å². The summed E-state index contributed by atoms with van der Waals surface area (Å²) in [6, 6.07) is 5.50. The molecule has 74 valence electrons. The van der Waals surface area contributed by atoms with Crippen molar-refractivity contribution in [3.63, 3.8) is 0 Å². The lowest BCUT2D eigenvalue weighted by atomic mass is 10.3. The fraction of sp³-hybridized carbons (Fsp3) is 0.250. The molecule has 1 rings (SSSR count). The van der Waals surface area contributed by atoms with E-state index >= 15 is 0 Å². The number of halogens is 3. The molecule has 0 aromatic heterocycles. The third kappa shape index (κ3) is 3.73. The number of hydrogen-bond donors (Lipinski definition) is 1. The first kappa shape index (κ1) is 13.0. The molecule has 0 saturated carbocycles. The molecule has 0 atom stereocenters. The van der Waals surface area contributed by atoms with E-state index in [1.807, 2.05) is 12.1 Å². The number of hydrogen-bond acceptors (Lipinski definition) is 2. The highest BCUT2D eigenvalue weighted by Gasteiger charge is 2.04. The van der Waals surface area contributed by atoms with Crippen LogP contribution in [0.4, 0.5) is 0 Å². The predicted molar refractivity (Wildman–Crippen MR) is 60.9 cm³/mol. The zero-order chi connectivity index (χ0) is 8.97. The van der Waals surface area contributed by atoms with Gasteiger partial charge in [0.2, 0.25) is 0 Å². The van der Waals surface area contributed by atoms with Crippen LogP contribution in [0.5, 0.6) is 5.75 Å². The van der Waals surface area contributed by atoms with Crippen LogP contribution >= 0.6 is 39.9 Å². The minimum absolute atomic E-state index is 0. The lowest BCUT2D eigenvalue weighted by Gasteiger charge is -2.07. The molecule has 5 heteroatoms. The maximum absolute atomic E-state index is 5.87. The van der Waals surface area contributed by atoms with Crippen molar-refractivity contribution in [1.29, 1.82) is 0 Å². The third-order valence-corrected chi connectivity index (χ3v) is 2.21. The third-order valence-electron chi connectivity index (χ3n) is 1.28. The van der Waals surface area contributed by atoms with Crippen molar-refractivity contribution >= 4 is 39.9 Å². The van der Waals surface area contributed by atoms with Crippen LogP contribution in [-0.2, 0) is 0 Å². The zero-order valence-corrected chi connectivity index (χ0v) is 9.95. The highest BCUT2D eigenvalue weighted by Crippen LogP contribution is 2.32. The van der Waals surface area contributed by atoms with E-state index in [2.05, 4.69) is 15.9 Å². The molecular weight excluding hydrogens is 277 g/mol. The van der Waals surface area contributed by atoms with E-state index in [0.29, 0.717) is 23.9 Å². The Labute approximate surface area is 96.9 Å². The summed E-state index contributed by atoms with van der Waals surface area (Å²) in [4.78, 5) is 0. The standard InChI is InChI=1S/C8H9BrClNO.ClH/c9-6-2-1-3-7(10)8(6)12-5-4-11;/h1-3H,4-5,11H2;1H. The molecule has 0 bridgehead atoms. The van der Waals surface area contributed by atoms with Crippen molar-refractivity contribution < 1.29 is 4.74 Å². The van der Waals surface area contributed by atoms with Crippen LogP contribution in [0.3, 0.4) is 0 Å². The first-order valence-electron chi connectivity index (χ1n) is 3.52. The van der Waals surface area contributed by atoms with Gasteiger partial charge in [-0.2, -0.15) is 0 Å². The van der Waals surface area contributed by atoms with Gasteiger partial charge in [0, 0.05) is 6.54 Å². The number of ether oxygens (including phenoxy) is 1. The summed E-state index contributed by atoms with van der Waals surface area (Å²) in [5, 5.41) is 0.595. The molecule has 0 aliphatic rings. The highest BCUT2D eigenvalue weighted by atomic mass is 79.9. The lowest BCUT2D eigenvalue weighted by Crippen LogP contribution is -2.10. The van der Waals surface area contributed by atoms with Gasteiger partial charge in [-0.25, -0.2) is 0 Å². The molecule has 13 heavy (non-hydrogen) atoms. The first-order valence-corrected chi connectivity index (χ1v) is 4.69. The van der Waals surface area contributed by atoms with Crippen molar-refractivity contribution in [1.82, 2.24) is 0 Å². The zero-order valence-electron chi connectivity index (χ0n) is 6.80. The molecule has 2 N–H and O–H groups in total. The molecule has 0 radical (unpaired) electrons. The molecule has 0 saturated heterocycles. The van der Waals surface area contributed by atoms with Crippen LogP contribution in [0.25, 0.3) is 0 Å². The van der Waals surface area contributed by atoms with Crippen molar-refractivity contribution in [2.24, 2.45) is 5.73 Å². The van der Waals surface area contributed by atoms with Gasteiger partial charge in [0.25, 0.3) is 0 Å². The normalized spacial score (nSPS) is 9.15. The van der Waals surface area contributed by atoms with Gasteiger partial charge in [0.05, 0.1) is 9.50 Å². The van der Waals surface area contributed by atoms with E-state index < -0.39 is 0 Å². The van der Waals surface area contributed by atoms with Gasteiger partial charge in [0.1, 0.15) is 6.61 Å². The summed E-state index contributed by atoms with van der Waals surface area (Å²) in [7, 11) is 0. The van der Waals surface area contributed by atoms with Crippen LogP contribution in [0.15, 0.2) is 22.7 Å². The number of rotatable bonds is 3. The fourth-order valence-electron chi connectivity index (χ4n) is 0.781. The quantitative estimate of drug-likeness (QED) is 0.927. The summed E-state index contributed by atoms with van der Waals surface area (Å²) in [5.41, 5.74) is 5.29. The monoisotopic (exact) mass is 285 g/mol. The maximum Gasteiger partial charge on any atom is 0.152 e.